The van der Waals surface area contributed by atoms with Gasteiger partial charge < -0.3 is 30.2 Å². The zero-order valence-electron chi connectivity index (χ0n) is 6.78. The molecule has 0 aromatic heterocycles. The molecule has 0 saturated heterocycles. The topological polar surface area (TPSA) is 12.0 Å². The molecule has 0 fully saturated rings. The average molecular weight is 196 g/mol. The summed E-state index contributed by atoms with van der Waals surface area (Å²) >= 11 is 9.55. The van der Waals surface area contributed by atoms with E-state index in [4.69, 9.17) is 24.8 Å². The number of nitrogens with one attached hydrogen (secondary N) is 1. The normalized spacial score (nSPS) is 12.1. The van der Waals surface area contributed by atoms with Crippen molar-refractivity contribution in [2.75, 3.05) is 0 Å². The van der Waals surface area contributed by atoms with Crippen LogP contribution in [0.15, 0.2) is 30.3 Å². The van der Waals surface area contributed by atoms with Crippen LogP contribution in [0.4, 0.5) is 0 Å². The molecule has 1 rings (SSSR count). The smallest absolute Gasteiger partial charge is 0.0470 e. The molecular weight excluding hydrogens is 186 g/mol. The van der Waals surface area contributed by atoms with Gasteiger partial charge in [-0.1, -0.05) is 34.7 Å². The van der Waals surface area contributed by atoms with Gasteiger partial charge in [0, 0.05) is 6.04 Å². The maximum absolute atomic E-state index is 4.78. The Morgan fingerprint density at radius 2 is 2.00 bits per heavy atom. The van der Waals surface area contributed by atoms with E-state index in [0.29, 0.717) is 4.32 Å². The van der Waals surface area contributed by atoms with Crippen LogP contribution in [0.25, 0.3) is 0 Å². The van der Waals surface area contributed by atoms with Crippen LogP contribution in [0.1, 0.15) is 18.5 Å². The van der Waals surface area contributed by atoms with Crippen molar-refractivity contribution in [2.45, 2.75) is 13.0 Å². The van der Waals surface area contributed by atoms with E-state index in [9.17, 15) is 0 Å². The van der Waals surface area contributed by atoms with Gasteiger partial charge in [-0.25, -0.2) is 0 Å². The molecule has 0 aliphatic carbocycles. The summed E-state index contributed by atoms with van der Waals surface area (Å²) in [4.78, 5) is 0. The second-order valence-electron chi connectivity index (χ2n) is 2.56. The lowest BCUT2D eigenvalue weighted by molar-refractivity contribution is 0.730. The van der Waals surface area contributed by atoms with Gasteiger partial charge in [0.1, 0.15) is 0 Å². The van der Waals surface area contributed by atoms with Crippen LogP contribution >= 0.6 is 12.2 Å². The van der Waals surface area contributed by atoms with E-state index >= 15 is 0 Å². The Labute approximate surface area is 83.6 Å². The number of hydrogen-bond donors (Lipinski definition) is 1. The minimum atomic E-state index is 0.205. The summed E-state index contributed by atoms with van der Waals surface area (Å²) in [7, 11) is 0. The zero-order chi connectivity index (χ0) is 8.97. The van der Waals surface area contributed by atoms with Crippen LogP contribution in [0, 0.1) is 0 Å². The highest BCUT2D eigenvalue weighted by atomic mass is 32.1. The highest BCUT2D eigenvalue weighted by Gasteiger charge is 2.00. The Morgan fingerprint density at radius 1 is 1.42 bits per heavy atom. The highest BCUT2D eigenvalue weighted by molar-refractivity contribution is 8.00. The molecule has 1 nitrogen and oxygen atoms in total. The Morgan fingerprint density at radius 3 is 2.50 bits per heavy atom. The fourth-order valence-corrected chi connectivity index (χ4v) is 1.36. The molecule has 0 amide bonds. The Hall–Kier alpha value is -0.670. The SMILES string of the molecule is C[C@@H](NC(=S)[S-])c1ccccc1. The van der Waals surface area contributed by atoms with Crippen LogP contribution in [0.2, 0.25) is 0 Å². The summed E-state index contributed by atoms with van der Waals surface area (Å²) in [5.74, 6) is 0. The van der Waals surface area contributed by atoms with Crippen molar-refractivity contribution in [1.82, 2.24) is 5.32 Å². The van der Waals surface area contributed by atoms with E-state index in [1.807, 2.05) is 37.3 Å². The van der Waals surface area contributed by atoms with Crippen molar-refractivity contribution >= 4 is 29.2 Å². The van der Waals surface area contributed by atoms with Gasteiger partial charge in [-0.3, -0.25) is 0 Å². The predicted molar refractivity (Wildman–Crippen MR) is 58.0 cm³/mol. The maximum Gasteiger partial charge on any atom is 0.0470 e. The largest absolute Gasteiger partial charge is 0.412 e. The van der Waals surface area contributed by atoms with Crippen molar-refractivity contribution in [3.05, 3.63) is 35.9 Å². The second kappa shape index (κ2) is 4.38. The van der Waals surface area contributed by atoms with Crippen molar-refractivity contribution in [3.8, 4) is 0 Å². The first-order chi connectivity index (χ1) is 5.70. The first-order valence-electron chi connectivity index (χ1n) is 3.72. The minimum Gasteiger partial charge on any atom is -0.412 e. The number of hydrogen-bond acceptors (Lipinski definition) is 2. The molecule has 0 aliphatic heterocycles. The molecule has 0 spiro atoms. The third-order valence-corrected chi connectivity index (χ3v) is 1.87. The summed E-state index contributed by atoms with van der Waals surface area (Å²) < 4.78 is 0.423. The van der Waals surface area contributed by atoms with Crippen LogP contribution < -0.4 is 5.32 Å². The lowest BCUT2D eigenvalue weighted by atomic mass is 10.1. The van der Waals surface area contributed by atoms with Gasteiger partial charge in [-0.2, -0.15) is 0 Å². The standard InChI is InChI=1S/C9H11NS2/c1-7(10-9(11)12)8-5-3-2-4-6-8/h2-7H,1H3,(H2,10,11,12)/p-1/t7-/m1/s1. The van der Waals surface area contributed by atoms with E-state index in [1.54, 1.807) is 0 Å². The minimum absolute atomic E-state index is 0.205. The maximum atomic E-state index is 4.78. The molecule has 12 heavy (non-hydrogen) atoms. The van der Waals surface area contributed by atoms with E-state index in [2.05, 4.69) is 5.32 Å². The number of rotatable bonds is 2. The van der Waals surface area contributed by atoms with Crippen molar-refractivity contribution < 1.29 is 0 Å². The van der Waals surface area contributed by atoms with Crippen molar-refractivity contribution in [3.63, 3.8) is 0 Å². The fraction of sp³-hybridized carbons (Fsp3) is 0.222. The van der Waals surface area contributed by atoms with E-state index < -0.39 is 0 Å². The summed E-state index contributed by atoms with van der Waals surface area (Å²) in [6, 6.07) is 10.3. The summed E-state index contributed by atoms with van der Waals surface area (Å²) in [5, 5.41) is 3.01. The van der Waals surface area contributed by atoms with Crippen molar-refractivity contribution in [2.24, 2.45) is 0 Å². The van der Waals surface area contributed by atoms with Crippen LogP contribution in [-0.4, -0.2) is 4.32 Å². The molecule has 0 aliphatic rings. The second-order valence-corrected chi connectivity index (χ2v) is 3.64. The first kappa shape index (κ1) is 9.42. The molecule has 1 aromatic carbocycles. The molecule has 1 atom stereocenters. The number of benzene rings is 1. The van der Waals surface area contributed by atoms with E-state index in [1.165, 1.54) is 5.56 Å². The third-order valence-electron chi connectivity index (χ3n) is 1.63. The van der Waals surface area contributed by atoms with Crippen LogP contribution in [-0.2, 0) is 12.6 Å². The van der Waals surface area contributed by atoms with Crippen LogP contribution in [0.3, 0.4) is 0 Å². The lowest BCUT2D eigenvalue weighted by Crippen LogP contribution is -2.22. The van der Waals surface area contributed by atoms with E-state index in [0.717, 1.165) is 0 Å². The number of thiocarbonyl (C=S) groups is 1. The molecule has 0 saturated carbocycles. The quantitative estimate of drug-likeness (QED) is 0.575. The molecule has 0 unspecified atom stereocenters. The zero-order valence-corrected chi connectivity index (χ0v) is 8.41. The van der Waals surface area contributed by atoms with Gasteiger partial charge in [0.15, 0.2) is 0 Å². The highest BCUT2D eigenvalue weighted by Crippen LogP contribution is 2.10. The van der Waals surface area contributed by atoms with Gasteiger partial charge in [-0.05, 0) is 12.5 Å². The fourth-order valence-electron chi connectivity index (χ4n) is 1.00. The molecule has 1 N–H and O–H groups in total. The summed E-state index contributed by atoms with van der Waals surface area (Å²) in [5.41, 5.74) is 1.20. The van der Waals surface area contributed by atoms with Gasteiger partial charge in [0.2, 0.25) is 0 Å². The van der Waals surface area contributed by atoms with Gasteiger partial charge in [0.25, 0.3) is 0 Å². The molecule has 64 valence electrons. The third kappa shape index (κ3) is 2.75. The average Bonchev–Trinajstić information content (AvgIpc) is 2.05. The molecule has 1 aromatic rings. The van der Waals surface area contributed by atoms with Crippen LogP contribution in [0.5, 0.6) is 0 Å². The Bertz CT molecular complexity index is 258. The first-order valence-corrected chi connectivity index (χ1v) is 4.54. The van der Waals surface area contributed by atoms with Crippen molar-refractivity contribution in [1.29, 1.82) is 0 Å². The molecule has 0 heterocycles. The Kier molecular flexibility index (Phi) is 3.44. The van der Waals surface area contributed by atoms with Gasteiger partial charge in [-0.15, -0.1) is 0 Å². The predicted octanol–water partition coefficient (Wildman–Crippen LogP) is 2.17. The summed E-state index contributed by atoms with van der Waals surface area (Å²) in [6.45, 7) is 2.04. The van der Waals surface area contributed by atoms with Gasteiger partial charge >= 0.3 is 0 Å². The molecule has 0 radical (unpaired) electrons. The van der Waals surface area contributed by atoms with E-state index in [-0.39, 0.29) is 6.04 Å². The molecule has 3 heteroatoms. The van der Waals surface area contributed by atoms with Gasteiger partial charge in [0.05, 0.1) is 0 Å². The lowest BCUT2D eigenvalue weighted by Gasteiger charge is -2.17. The Balaban J connectivity index is 2.65. The molecule has 0 bridgehead atoms. The molecular formula is C9H10NS2-. The summed E-state index contributed by atoms with van der Waals surface area (Å²) in [6.07, 6.45) is 0. The monoisotopic (exact) mass is 196 g/mol.